The van der Waals surface area contributed by atoms with Crippen molar-refractivity contribution in [1.29, 1.82) is 0 Å². The molecule has 0 saturated carbocycles. The smallest absolute Gasteiger partial charge is 0.227 e. The van der Waals surface area contributed by atoms with Crippen molar-refractivity contribution in [2.75, 3.05) is 47.1 Å². The first-order valence-corrected chi connectivity index (χ1v) is 10.5. The molecular formula is C24H32N2O4. The number of ether oxygens (including phenoxy) is 3. The molecule has 162 valence electrons. The molecule has 1 aliphatic heterocycles. The van der Waals surface area contributed by atoms with E-state index in [4.69, 9.17) is 14.2 Å². The van der Waals surface area contributed by atoms with Crippen LogP contribution >= 0.6 is 0 Å². The Morgan fingerprint density at radius 1 is 1.03 bits per heavy atom. The minimum Gasteiger partial charge on any atom is -0.493 e. The summed E-state index contributed by atoms with van der Waals surface area (Å²) in [7, 11) is 3.27. The Kier molecular flexibility index (Phi) is 8.11. The van der Waals surface area contributed by atoms with Crippen LogP contribution in [0.5, 0.6) is 11.5 Å². The van der Waals surface area contributed by atoms with Crippen LogP contribution in [0.2, 0.25) is 0 Å². The van der Waals surface area contributed by atoms with Gasteiger partial charge < -0.3 is 19.5 Å². The topological polar surface area (TPSA) is 60.0 Å². The lowest BCUT2D eigenvalue weighted by Gasteiger charge is -2.35. The van der Waals surface area contributed by atoms with Crippen molar-refractivity contribution in [3.05, 3.63) is 59.7 Å². The van der Waals surface area contributed by atoms with Crippen molar-refractivity contribution in [3.63, 3.8) is 0 Å². The quantitative estimate of drug-likeness (QED) is 0.684. The molecule has 2 unspecified atom stereocenters. The zero-order chi connectivity index (χ0) is 21.3. The van der Waals surface area contributed by atoms with Crippen molar-refractivity contribution in [2.24, 2.45) is 0 Å². The van der Waals surface area contributed by atoms with Crippen LogP contribution in [0, 0.1) is 0 Å². The maximum Gasteiger partial charge on any atom is 0.227 e. The number of morpholine rings is 1. The molecule has 1 fully saturated rings. The first kappa shape index (κ1) is 22.1. The average molecular weight is 413 g/mol. The Hall–Kier alpha value is -2.57. The predicted octanol–water partition coefficient (Wildman–Crippen LogP) is 3.39. The molecule has 1 heterocycles. The Morgan fingerprint density at radius 2 is 1.73 bits per heavy atom. The van der Waals surface area contributed by atoms with Gasteiger partial charge in [-0.25, -0.2) is 0 Å². The number of nitrogens with one attached hydrogen (secondary N) is 1. The number of benzene rings is 2. The highest BCUT2D eigenvalue weighted by molar-refractivity contribution is 5.83. The van der Waals surface area contributed by atoms with Gasteiger partial charge in [0.05, 0.1) is 39.4 Å². The number of carbonyl (C=O) groups is 1. The maximum atomic E-state index is 13.0. The SMILES string of the molecule is CCC(C(=O)NCC(c1ccc(OC)c(OC)c1)N1CCOCC1)c1ccccc1. The van der Waals surface area contributed by atoms with E-state index in [0.29, 0.717) is 31.3 Å². The van der Waals surface area contributed by atoms with Crippen LogP contribution in [-0.2, 0) is 9.53 Å². The normalized spacial score (nSPS) is 16.5. The molecule has 2 aromatic rings. The molecule has 1 aliphatic rings. The molecule has 2 atom stereocenters. The number of amides is 1. The first-order chi connectivity index (χ1) is 14.7. The number of nitrogens with zero attached hydrogens (tertiary/aromatic N) is 1. The van der Waals surface area contributed by atoms with Gasteiger partial charge in [-0.3, -0.25) is 9.69 Å². The summed E-state index contributed by atoms with van der Waals surface area (Å²) in [6.45, 7) is 5.61. The minimum absolute atomic E-state index is 0.0333. The number of carbonyl (C=O) groups excluding carboxylic acids is 1. The van der Waals surface area contributed by atoms with E-state index in [1.807, 2.05) is 55.5 Å². The summed E-state index contributed by atoms with van der Waals surface area (Å²) in [5.41, 5.74) is 2.13. The second-order valence-electron chi connectivity index (χ2n) is 7.40. The molecule has 1 amide bonds. The Labute approximate surface area is 179 Å². The highest BCUT2D eigenvalue weighted by Crippen LogP contribution is 2.32. The van der Waals surface area contributed by atoms with Crippen LogP contribution in [0.4, 0.5) is 0 Å². The molecule has 30 heavy (non-hydrogen) atoms. The van der Waals surface area contributed by atoms with Gasteiger partial charge in [0, 0.05) is 19.6 Å². The van der Waals surface area contributed by atoms with E-state index in [9.17, 15) is 4.79 Å². The molecule has 6 nitrogen and oxygen atoms in total. The molecule has 0 bridgehead atoms. The summed E-state index contributed by atoms with van der Waals surface area (Å²) in [5.74, 6) is 1.29. The van der Waals surface area contributed by atoms with Gasteiger partial charge in [0.25, 0.3) is 0 Å². The van der Waals surface area contributed by atoms with E-state index >= 15 is 0 Å². The second kappa shape index (κ2) is 11.0. The zero-order valence-corrected chi connectivity index (χ0v) is 18.1. The Morgan fingerprint density at radius 3 is 2.37 bits per heavy atom. The van der Waals surface area contributed by atoms with Crippen molar-refractivity contribution in [3.8, 4) is 11.5 Å². The summed E-state index contributed by atoms with van der Waals surface area (Å²) in [6, 6.07) is 16.0. The number of hydrogen-bond donors (Lipinski definition) is 1. The third kappa shape index (κ3) is 5.32. The lowest BCUT2D eigenvalue weighted by Crippen LogP contribution is -2.44. The Balaban J connectivity index is 1.78. The highest BCUT2D eigenvalue weighted by Gasteiger charge is 2.26. The highest BCUT2D eigenvalue weighted by atomic mass is 16.5. The lowest BCUT2D eigenvalue weighted by molar-refractivity contribution is -0.123. The summed E-state index contributed by atoms with van der Waals surface area (Å²) in [4.78, 5) is 15.4. The number of rotatable bonds is 9. The van der Waals surface area contributed by atoms with E-state index in [2.05, 4.69) is 10.2 Å². The van der Waals surface area contributed by atoms with Crippen LogP contribution in [0.25, 0.3) is 0 Å². The monoisotopic (exact) mass is 412 g/mol. The van der Waals surface area contributed by atoms with E-state index in [-0.39, 0.29) is 17.9 Å². The van der Waals surface area contributed by atoms with Gasteiger partial charge in [-0.05, 0) is 29.7 Å². The Bertz CT molecular complexity index is 806. The van der Waals surface area contributed by atoms with Gasteiger partial charge in [0.1, 0.15) is 0 Å². The fraction of sp³-hybridized carbons (Fsp3) is 0.458. The molecule has 0 aliphatic carbocycles. The van der Waals surface area contributed by atoms with Gasteiger partial charge in [-0.2, -0.15) is 0 Å². The molecule has 1 saturated heterocycles. The van der Waals surface area contributed by atoms with Gasteiger partial charge in [0.15, 0.2) is 11.5 Å². The summed E-state index contributed by atoms with van der Waals surface area (Å²) in [5, 5.41) is 3.20. The molecule has 2 aromatic carbocycles. The molecule has 0 radical (unpaired) electrons. The lowest BCUT2D eigenvalue weighted by atomic mass is 9.95. The third-order valence-corrected chi connectivity index (χ3v) is 5.68. The van der Waals surface area contributed by atoms with Crippen molar-refractivity contribution in [2.45, 2.75) is 25.3 Å². The number of hydrogen-bond acceptors (Lipinski definition) is 5. The van der Waals surface area contributed by atoms with Crippen LogP contribution in [0.1, 0.15) is 36.4 Å². The van der Waals surface area contributed by atoms with E-state index in [0.717, 1.165) is 30.6 Å². The summed E-state index contributed by atoms with van der Waals surface area (Å²) >= 11 is 0. The second-order valence-corrected chi connectivity index (χ2v) is 7.40. The van der Waals surface area contributed by atoms with Crippen LogP contribution in [0.3, 0.4) is 0 Å². The van der Waals surface area contributed by atoms with E-state index in [1.165, 1.54) is 0 Å². The average Bonchev–Trinajstić information content (AvgIpc) is 2.81. The summed E-state index contributed by atoms with van der Waals surface area (Å²) in [6.07, 6.45) is 0.758. The van der Waals surface area contributed by atoms with Gasteiger partial charge in [-0.1, -0.05) is 43.3 Å². The predicted molar refractivity (Wildman–Crippen MR) is 117 cm³/mol. The largest absolute Gasteiger partial charge is 0.493 e. The van der Waals surface area contributed by atoms with Gasteiger partial charge in [0.2, 0.25) is 5.91 Å². The van der Waals surface area contributed by atoms with Crippen LogP contribution in [-0.4, -0.2) is 57.9 Å². The maximum absolute atomic E-state index is 13.0. The van der Waals surface area contributed by atoms with E-state index in [1.54, 1.807) is 14.2 Å². The standard InChI is InChI=1S/C24H32N2O4/c1-4-20(18-8-6-5-7-9-18)24(27)25-17-21(26-12-14-30-15-13-26)19-10-11-22(28-2)23(16-19)29-3/h5-11,16,20-21H,4,12-15,17H2,1-3H3,(H,25,27). The van der Waals surface area contributed by atoms with Crippen LogP contribution in [0.15, 0.2) is 48.5 Å². The minimum atomic E-state index is -0.151. The molecule has 6 heteroatoms. The zero-order valence-electron chi connectivity index (χ0n) is 18.1. The summed E-state index contributed by atoms with van der Waals surface area (Å²) < 4.78 is 16.4. The fourth-order valence-electron chi connectivity index (χ4n) is 3.99. The molecule has 1 N–H and O–H groups in total. The molecular weight excluding hydrogens is 380 g/mol. The first-order valence-electron chi connectivity index (χ1n) is 10.5. The van der Waals surface area contributed by atoms with Gasteiger partial charge in [-0.15, -0.1) is 0 Å². The molecule has 0 spiro atoms. The van der Waals surface area contributed by atoms with Crippen molar-refractivity contribution >= 4 is 5.91 Å². The molecule has 3 rings (SSSR count). The van der Waals surface area contributed by atoms with Crippen LogP contribution < -0.4 is 14.8 Å². The number of methoxy groups -OCH3 is 2. The molecule has 0 aromatic heterocycles. The van der Waals surface area contributed by atoms with E-state index < -0.39 is 0 Å². The third-order valence-electron chi connectivity index (χ3n) is 5.68. The van der Waals surface area contributed by atoms with Gasteiger partial charge >= 0.3 is 0 Å². The fourth-order valence-corrected chi connectivity index (χ4v) is 3.99. The van der Waals surface area contributed by atoms with Crippen molar-refractivity contribution < 1.29 is 19.0 Å². The van der Waals surface area contributed by atoms with Crippen molar-refractivity contribution in [1.82, 2.24) is 10.2 Å².